The fraction of sp³-hybridized carbons (Fsp3) is 0.600. The molecular formula is C5H14N2. The maximum atomic E-state index is 4.80. The zero-order chi connectivity index (χ0) is 6.12. The first kappa shape index (κ1) is 9.71. The highest BCUT2D eigenvalue weighted by Crippen LogP contribution is 1.51. The molecule has 44 valence electrons. The van der Waals surface area contributed by atoms with E-state index >= 15 is 0 Å². The summed E-state index contributed by atoms with van der Waals surface area (Å²) in [6.07, 6.45) is 3.47. The lowest BCUT2D eigenvalue weighted by Gasteiger charge is -1.76. The Kier molecular flexibility index (Phi) is 24.7. The van der Waals surface area contributed by atoms with Crippen LogP contribution in [-0.4, -0.2) is 0 Å². The molecule has 0 aliphatic carbocycles. The molecule has 0 saturated heterocycles. The third-order valence-electron chi connectivity index (χ3n) is 0.263. The van der Waals surface area contributed by atoms with E-state index < -0.39 is 0 Å². The molecule has 0 unspecified atom stereocenters. The highest BCUT2D eigenvalue weighted by Gasteiger charge is 1.45. The van der Waals surface area contributed by atoms with Gasteiger partial charge >= 0.3 is 0 Å². The second-order valence-corrected chi connectivity index (χ2v) is 0.667. The van der Waals surface area contributed by atoms with E-state index in [-0.39, 0.29) is 0 Å². The molecule has 0 amide bonds. The maximum Gasteiger partial charge on any atom is 0.00798 e. The van der Waals surface area contributed by atoms with E-state index in [1.54, 1.807) is 6.20 Å². The van der Waals surface area contributed by atoms with Crippen LogP contribution in [0, 0.1) is 0 Å². The van der Waals surface area contributed by atoms with Crippen LogP contribution >= 0.6 is 0 Å². The van der Waals surface area contributed by atoms with Gasteiger partial charge in [0.25, 0.3) is 0 Å². The Morgan fingerprint density at radius 3 is 1.86 bits per heavy atom. The van der Waals surface area contributed by atoms with Crippen molar-refractivity contribution in [2.24, 2.45) is 5.84 Å². The largest absolute Gasteiger partial charge is 0.332 e. The molecule has 0 aliphatic rings. The summed E-state index contributed by atoms with van der Waals surface area (Å²) in [5.74, 6) is 4.80. The van der Waals surface area contributed by atoms with Crippen LogP contribution in [0.5, 0.6) is 0 Å². The molecule has 0 saturated carbocycles. The van der Waals surface area contributed by atoms with Gasteiger partial charge in [0, 0.05) is 6.20 Å². The predicted molar refractivity (Wildman–Crippen MR) is 33.5 cm³/mol. The van der Waals surface area contributed by atoms with Crippen molar-refractivity contribution in [1.82, 2.24) is 5.43 Å². The van der Waals surface area contributed by atoms with Gasteiger partial charge in [-0.15, -0.1) is 0 Å². The minimum absolute atomic E-state index is 1.65. The van der Waals surface area contributed by atoms with Crippen molar-refractivity contribution >= 4 is 0 Å². The first-order valence-electron chi connectivity index (χ1n) is 2.49. The monoisotopic (exact) mass is 102 g/mol. The Bertz CT molecular complexity index is 33.1. The summed E-state index contributed by atoms with van der Waals surface area (Å²) in [5, 5.41) is 0. The molecule has 0 radical (unpaired) electrons. The minimum Gasteiger partial charge on any atom is -0.332 e. The zero-order valence-corrected chi connectivity index (χ0v) is 5.23. The van der Waals surface area contributed by atoms with Gasteiger partial charge in [-0.1, -0.05) is 19.9 Å². The fourth-order valence-corrected chi connectivity index (χ4v) is 0.0962. The van der Waals surface area contributed by atoms with E-state index in [4.69, 9.17) is 5.84 Å². The third-order valence-corrected chi connectivity index (χ3v) is 0.263. The number of allylic oxidation sites excluding steroid dienone is 1. The van der Waals surface area contributed by atoms with Gasteiger partial charge in [0.05, 0.1) is 0 Å². The summed E-state index contributed by atoms with van der Waals surface area (Å²) in [7, 11) is 0. The average molecular weight is 102 g/mol. The van der Waals surface area contributed by atoms with Gasteiger partial charge in [0.2, 0.25) is 0 Å². The number of nitrogens with one attached hydrogen (secondary N) is 1. The second kappa shape index (κ2) is 17.8. The Balaban J connectivity index is 0. The summed E-state index contributed by atoms with van der Waals surface area (Å²) in [5.41, 5.74) is 2.34. The van der Waals surface area contributed by atoms with E-state index in [1.807, 2.05) is 26.8 Å². The van der Waals surface area contributed by atoms with Crippen LogP contribution in [0.2, 0.25) is 0 Å². The molecule has 7 heavy (non-hydrogen) atoms. The molecule has 0 spiro atoms. The third kappa shape index (κ3) is 29.9. The number of hydrazine groups is 1. The molecule has 0 aliphatic heterocycles. The molecule has 0 atom stereocenters. The minimum atomic E-state index is 1.65. The highest BCUT2D eigenvalue weighted by molar-refractivity contribution is 4.69. The standard InChI is InChI=1S/C3H8N2.C2H6/c1-2-3-5-4;1-2/h2-3,5H,4H2,1H3;1-2H3/b3-2-;. The van der Waals surface area contributed by atoms with E-state index in [0.717, 1.165) is 0 Å². The predicted octanol–water partition coefficient (Wildman–Crippen LogP) is 1.01. The first-order valence-corrected chi connectivity index (χ1v) is 2.49. The quantitative estimate of drug-likeness (QED) is 0.383. The Morgan fingerprint density at radius 2 is 1.86 bits per heavy atom. The molecule has 0 bridgehead atoms. The van der Waals surface area contributed by atoms with Crippen molar-refractivity contribution in [1.29, 1.82) is 0 Å². The van der Waals surface area contributed by atoms with Gasteiger partial charge < -0.3 is 5.43 Å². The SMILES string of the molecule is C/C=C\NN.CC. The summed E-state index contributed by atoms with van der Waals surface area (Å²) < 4.78 is 0. The molecule has 0 rings (SSSR count). The zero-order valence-electron chi connectivity index (χ0n) is 5.23. The van der Waals surface area contributed by atoms with Crippen LogP contribution in [0.3, 0.4) is 0 Å². The van der Waals surface area contributed by atoms with Gasteiger partial charge in [-0.25, -0.2) is 0 Å². The molecule has 0 heterocycles. The number of hydrogen-bond acceptors (Lipinski definition) is 2. The van der Waals surface area contributed by atoms with Crippen LogP contribution in [0.25, 0.3) is 0 Å². The smallest absolute Gasteiger partial charge is 0.00798 e. The van der Waals surface area contributed by atoms with Crippen molar-refractivity contribution in [3.63, 3.8) is 0 Å². The molecule has 2 nitrogen and oxygen atoms in total. The molecule has 0 aromatic carbocycles. The van der Waals surface area contributed by atoms with Crippen LogP contribution in [0.1, 0.15) is 20.8 Å². The van der Waals surface area contributed by atoms with Crippen molar-refractivity contribution in [2.75, 3.05) is 0 Å². The lowest BCUT2D eigenvalue weighted by molar-refractivity contribution is 0.965. The number of nitrogens with two attached hydrogens (primary N) is 1. The summed E-state index contributed by atoms with van der Waals surface area (Å²) >= 11 is 0. The van der Waals surface area contributed by atoms with Gasteiger partial charge in [-0.2, -0.15) is 0 Å². The second-order valence-electron chi connectivity index (χ2n) is 0.667. The maximum absolute atomic E-state index is 4.80. The fourth-order valence-electron chi connectivity index (χ4n) is 0.0962. The summed E-state index contributed by atoms with van der Waals surface area (Å²) in [4.78, 5) is 0. The average Bonchev–Trinajstić information content (AvgIpc) is 1.75. The Hall–Kier alpha value is -0.500. The summed E-state index contributed by atoms with van der Waals surface area (Å²) in [6, 6.07) is 0. The van der Waals surface area contributed by atoms with Crippen LogP contribution in [0.4, 0.5) is 0 Å². The molecular weight excluding hydrogens is 88.1 g/mol. The van der Waals surface area contributed by atoms with Crippen LogP contribution in [-0.2, 0) is 0 Å². The number of rotatable bonds is 1. The van der Waals surface area contributed by atoms with Crippen molar-refractivity contribution < 1.29 is 0 Å². The number of hydrogen-bond donors (Lipinski definition) is 2. The van der Waals surface area contributed by atoms with E-state index in [2.05, 4.69) is 5.43 Å². The van der Waals surface area contributed by atoms with Gasteiger partial charge in [0.1, 0.15) is 0 Å². The molecule has 0 aromatic rings. The normalized spacial score (nSPS) is 7.43. The van der Waals surface area contributed by atoms with Crippen LogP contribution in [0.15, 0.2) is 12.3 Å². The molecule has 3 N–H and O–H groups in total. The van der Waals surface area contributed by atoms with Crippen LogP contribution < -0.4 is 11.3 Å². The topological polar surface area (TPSA) is 38.0 Å². The van der Waals surface area contributed by atoms with E-state index in [1.165, 1.54) is 0 Å². The lowest BCUT2D eigenvalue weighted by atomic mass is 10.7. The van der Waals surface area contributed by atoms with Gasteiger partial charge in [-0.05, 0) is 6.92 Å². The van der Waals surface area contributed by atoms with E-state index in [9.17, 15) is 0 Å². The molecule has 0 fully saturated rings. The highest BCUT2D eigenvalue weighted by atomic mass is 15.2. The Morgan fingerprint density at radius 1 is 1.43 bits per heavy atom. The molecule has 2 heteroatoms. The summed E-state index contributed by atoms with van der Waals surface area (Å²) in [6.45, 7) is 5.89. The van der Waals surface area contributed by atoms with Crippen molar-refractivity contribution in [3.8, 4) is 0 Å². The lowest BCUT2D eigenvalue weighted by Crippen LogP contribution is -2.12. The van der Waals surface area contributed by atoms with E-state index in [0.29, 0.717) is 0 Å². The van der Waals surface area contributed by atoms with Crippen molar-refractivity contribution in [2.45, 2.75) is 20.8 Å². The Labute approximate surface area is 45.4 Å². The molecule has 0 aromatic heterocycles. The van der Waals surface area contributed by atoms with Gasteiger partial charge in [-0.3, -0.25) is 5.84 Å². The van der Waals surface area contributed by atoms with Crippen molar-refractivity contribution in [3.05, 3.63) is 12.3 Å². The first-order chi connectivity index (χ1) is 3.41. The van der Waals surface area contributed by atoms with Gasteiger partial charge in [0.15, 0.2) is 0 Å².